The summed E-state index contributed by atoms with van der Waals surface area (Å²) in [6, 6.07) is 4.49. The van der Waals surface area contributed by atoms with E-state index in [-0.39, 0.29) is 0 Å². The van der Waals surface area contributed by atoms with Crippen molar-refractivity contribution in [2.24, 2.45) is 11.8 Å². The highest BCUT2D eigenvalue weighted by Crippen LogP contribution is 2.36. The summed E-state index contributed by atoms with van der Waals surface area (Å²) in [5.41, 5.74) is 2.22. The summed E-state index contributed by atoms with van der Waals surface area (Å²) in [6.45, 7) is 4.10. The van der Waals surface area contributed by atoms with Gasteiger partial charge in [-0.3, -0.25) is 4.79 Å². The Kier molecular flexibility index (Phi) is 4.54. The molecule has 0 spiro atoms. The molecule has 2 N–H and O–H groups in total. The molecule has 6 nitrogen and oxygen atoms in total. The first-order valence-electron chi connectivity index (χ1n) is 9.54. The number of nitrogens with one attached hydrogen (secondary N) is 2. The molecule has 0 atom stereocenters. The van der Waals surface area contributed by atoms with Gasteiger partial charge in [0, 0.05) is 43.3 Å². The predicted molar refractivity (Wildman–Crippen MR) is 101 cm³/mol. The maximum absolute atomic E-state index is 12.5. The first-order valence-corrected chi connectivity index (χ1v) is 9.54. The highest BCUT2D eigenvalue weighted by atomic mass is 16.2. The zero-order valence-corrected chi connectivity index (χ0v) is 15.2. The first-order chi connectivity index (χ1) is 12.6. The normalized spacial score (nSPS) is 23.5. The maximum Gasteiger partial charge on any atom is 0.222 e. The van der Waals surface area contributed by atoms with E-state index in [9.17, 15) is 10.1 Å². The summed E-state index contributed by atoms with van der Waals surface area (Å²) in [5.74, 6) is 1.51. The average molecular weight is 351 g/mol. The second-order valence-electron chi connectivity index (χ2n) is 7.84. The molecule has 2 aromatic heterocycles. The quantitative estimate of drug-likeness (QED) is 0.885. The summed E-state index contributed by atoms with van der Waals surface area (Å²) in [4.78, 5) is 21.9. The van der Waals surface area contributed by atoms with Gasteiger partial charge in [0.25, 0.3) is 0 Å². The van der Waals surface area contributed by atoms with Crippen molar-refractivity contribution >= 4 is 22.6 Å². The number of anilines is 1. The molecule has 0 aromatic carbocycles. The van der Waals surface area contributed by atoms with Crippen molar-refractivity contribution in [3.05, 3.63) is 24.0 Å². The molecule has 6 heteroatoms. The first kappa shape index (κ1) is 16.9. The molecule has 1 aliphatic carbocycles. The van der Waals surface area contributed by atoms with Crippen LogP contribution in [0.3, 0.4) is 0 Å². The molecular formula is C20H25N5O. The molecule has 1 saturated heterocycles. The lowest BCUT2D eigenvalue weighted by molar-refractivity contribution is -0.134. The van der Waals surface area contributed by atoms with Crippen molar-refractivity contribution < 1.29 is 4.79 Å². The number of hydrogen-bond acceptors (Lipinski definition) is 4. The SMILES string of the molecule is CC1CCN(C(=O)CC2CC(Nc3c(C#N)cnc4[nH]ccc34)C2)CC1. The number of H-pyrrole nitrogens is 1. The van der Waals surface area contributed by atoms with Crippen LogP contribution in [0.2, 0.25) is 0 Å². The van der Waals surface area contributed by atoms with E-state index in [0.717, 1.165) is 61.4 Å². The number of hydrogen-bond donors (Lipinski definition) is 2. The Morgan fingerprint density at radius 1 is 1.42 bits per heavy atom. The minimum atomic E-state index is 0.315. The van der Waals surface area contributed by atoms with Gasteiger partial charge < -0.3 is 15.2 Å². The monoisotopic (exact) mass is 351 g/mol. The van der Waals surface area contributed by atoms with Crippen molar-refractivity contribution in [3.63, 3.8) is 0 Å². The number of pyridine rings is 1. The Bertz CT molecular complexity index is 837. The van der Waals surface area contributed by atoms with Crippen LogP contribution in [0.15, 0.2) is 18.5 Å². The lowest BCUT2D eigenvalue weighted by atomic mass is 9.77. The number of aromatic nitrogens is 2. The van der Waals surface area contributed by atoms with Crippen LogP contribution in [-0.4, -0.2) is 39.9 Å². The van der Waals surface area contributed by atoms with Gasteiger partial charge in [-0.2, -0.15) is 5.26 Å². The fraction of sp³-hybridized carbons (Fsp3) is 0.550. The van der Waals surface area contributed by atoms with Gasteiger partial charge in [-0.25, -0.2) is 4.98 Å². The molecule has 1 aliphatic heterocycles. The van der Waals surface area contributed by atoms with Gasteiger partial charge in [-0.05, 0) is 43.6 Å². The molecule has 3 heterocycles. The topological polar surface area (TPSA) is 84.8 Å². The van der Waals surface area contributed by atoms with Gasteiger partial charge in [-0.1, -0.05) is 6.92 Å². The smallest absolute Gasteiger partial charge is 0.222 e. The fourth-order valence-electron chi connectivity index (χ4n) is 4.11. The Morgan fingerprint density at radius 2 is 2.19 bits per heavy atom. The van der Waals surface area contributed by atoms with Crippen LogP contribution in [0.5, 0.6) is 0 Å². The minimum Gasteiger partial charge on any atom is -0.381 e. The van der Waals surface area contributed by atoms with E-state index in [1.54, 1.807) is 6.20 Å². The van der Waals surface area contributed by atoms with E-state index < -0.39 is 0 Å². The molecule has 0 radical (unpaired) electrons. The minimum absolute atomic E-state index is 0.315. The Balaban J connectivity index is 1.33. The lowest BCUT2D eigenvalue weighted by Crippen LogP contribution is -2.42. The van der Waals surface area contributed by atoms with E-state index in [1.807, 2.05) is 17.2 Å². The van der Waals surface area contributed by atoms with E-state index in [0.29, 0.717) is 29.9 Å². The fourth-order valence-corrected chi connectivity index (χ4v) is 4.11. The van der Waals surface area contributed by atoms with Crippen molar-refractivity contribution in [2.45, 2.75) is 45.1 Å². The van der Waals surface area contributed by atoms with Gasteiger partial charge in [-0.15, -0.1) is 0 Å². The number of nitrogens with zero attached hydrogens (tertiary/aromatic N) is 3. The molecule has 4 rings (SSSR count). The molecule has 0 bridgehead atoms. The van der Waals surface area contributed by atoms with Crippen molar-refractivity contribution in [1.82, 2.24) is 14.9 Å². The molecule has 2 fully saturated rings. The van der Waals surface area contributed by atoms with Crippen LogP contribution in [0, 0.1) is 23.2 Å². The van der Waals surface area contributed by atoms with Crippen LogP contribution in [-0.2, 0) is 4.79 Å². The summed E-state index contributed by atoms with van der Waals surface area (Å²) < 4.78 is 0. The van der Waals surface area contributed by atoms with Crippen molar-refractivity contribution in [1.29, 1.82) is 5.26 Å². The molecular weight excluding hydrogens is 326 g/mol. The number of aromatic amines is 1. The number of nitriles is 1. The summed E-state index contributed by atoms with van der Waals surface area (Å²) in [5, 5.41) is 13.8. The maximum atomic E-state index is 12.5. The number of piperidine rings is 1. The highest BCUT2D eigenvalue weighted by Gasteiger charge is 2.33. The Labute approximate surface area is 153 Å². The van der Waals surface area contributed by atoms with Crippen LogP contribution >= 0.6 is 0 Å². The van der Waals surface area contributed by atoms with Gasteiger partial charge in [0.05, 0.1) is 11.3 Å². The van der Waals surface area contributed by atoms with Gasteiger partial charge in [0.2, 0.25) is 5.91 Å². The van der Waals surface area contributed by atoms with Crippen LogP contribution in [0.25, 0.3) is 11.0 Å². The summed E-state index contributed by atoms with van der Waals surface area (Å²) in [6.07, 6.45) is 8.33. The van der Waals surface area contributed by atoms with Gasteiger partial charge >= 0.3 is 0 Å². The largest absolute Gasteiger partial charge is 0.381 e. The van der Waals surface area contributed by atoms with E-state index >= 15 is 0 Å². The predicted octanol–water partition coefficient (Wildman–Crippen LogP) is 3.27. The van der Waals surface area contributed by atoms with Crippen LogP contribution in [0.1, 0.15) is 44.6 Å². The standard InChI is InChI=1S/C20H25N5O/c1-13-3-6-25(7-4-13)18(26)10-14-8-16(9-14)24-19-15(11-21)12-23-20-17(19)2-5-22-20/h2,5,12-14,16H,3-4,6-10H2,1H3,(H2,22,23,24). The molecule has 2 aromatic rings. The Morgan fingerprint density at radius 3 is 2.92 bits per heavy atom. The zero-order valence-electron chi connectivity index (χ0n) is 15.2. The summed E-state index contributed by atoms with van der Waals surface area (Å²) >= 11 is 0. The van der Waals surface area contributed by atoms with E-state index in [2.05, 4.69) is 28.3 Å². The number of likely N-dealkylation sites (tertiary alicyclic amines) is 1. The van der Waals surface area contributed by atoms with Crippen molar-refractivity contribution in [2.75, 3.05) is 18.4 Å². The molecule has 0 unspecified atom stereocenters. The number of amides is 1. The second-order valence-corrected chi connectivity index (χ2v) is 7.84. The number of carbonyl (C=O) groups excluding carboxylic acids is 1. The van der Waals surface area contributed by atoms with E-state index in [1.165, 1.54) is 0 Å². The third-order valence-corrected chi connectivity index (χ3v) is 5.89. The number of fused-ring (bicyclic) bond motifs is 1. The highest BCUT2D eigenvalue weighted by molar-refractivity contribution is 5.92. The summed E-state index contributed by atoms with van der Waals surface area (Å²) in [7, 11) is 0. The molecule has 1 saturated carbocycles. The number of rotatable bonds is 4. The molecule has 136 valence electrons. The molecule has 2 aliphatic rings. The van der Waals surface area contributed by atoms with Crippen LogP contribution in [0.4, 0.5) is 5.69 Å². The zero-order chi connectivity index (χ0) is 18.1. The third-order valence-electron chi connectivity index (χ3n) is 5.89. The third kappa shape index (κ3) is 3.26. The van der Waals surface area contributed by atoms with Gasteiger partial charge in [0.1, 0.15) is 11.7 Å². The van der Waals surface area contributed by atoms with Crippen molar-refractivity contribution in [3.8, 4) is 6.07 Å². The average Bonchev–Trinajstić information content (AvgIpc) is 3.09. The number of carbonyl (C=O) groups is 1. The molecule has 26 heavy (non-hydrogen) atoms. The van der Waals surface area contributed by atoms with Crippen LogP contribution < -0.4 is 5.32 Å². The van der Waals surface area contributed by atoms with E-state index in [4.69, 9.17) is 0 Å². The van der Waals surface area contributed by atoms with Gasteiger partial charge in [0.15, 0.2) is 0 Å². The second kappa shape index (κ2) is 6.99. The lowest BCUT2D eigenvalue weighted by Gasteiger charge is -2.38. The molecule has 1 amide bonds. The Hall–Kier alpha value is -2.55.